The van der Waals surface area contributed by atoms with E-state index in [2.05, 4.69) is 16.3 Å². The Bertz CT molecular complexity index is 878. The molecule has 0 bridgehead atoms. The summed E-state index contributed by atoms with van der Waals surface area (Å²) in [6, 6.07) is 7.39. The van der Waals surface area contributed by atoms with E-state index >= 15 is 0 Å². The minimum atomic E-state index is -4.50. The van der Waals surface area contributed by atoms with E-state index in [-0.39, 0.29) is 13.1 Å². The third-order valence-corrected chi connectivity index (χ3v) is 4.38. The molecule has 136 valence electrons. The number of aromatic nitrogens is 3. The zero-order valence-electron chi connectivity index (χ0n) is 14.1. The third kappa shape index (κ3) is 3.46. The van der Waals surface area contributed by atoms with Crippen molar-refractivity contribution in [3.8, 4) is 6.07 Å². The number of hydrogen-bond acceptors (Lipinski definition) is 5. The first-order valence-corrected chi connectivity index (χ1v) is 8.16. The second kappa shape index (κ2) is 6.88. The Hall–Kier alpha value is -2.73. The lowest BCUT2D eigenvalue weighted by molar-refractivity contribution is -0.148. The van der Waals surface area contributed by atoms with Crippen molar-refractivity contribution in [1.29, 1.82) is 10.7 Å². The molecule has 26 heavy (non-hydrogen) atoms. The fourth-order valence-corrected chi connectivity index (χ4v) is 3.04. The first-order valence-electron chi connectivity index (χ1n) is 8.16. The molecule has 0 saturated heterocycles. The fourth-order valence-electron chi connectivity index (χ4n) is 3.04. The Morgan fingerprint density at radius 2 is 2.08 bits per heavy atom. The number of hydrogen-bond donors (Lipinski definition) is 1. The maximum atomic E-state index is 12.9. The molecule has 2 heterocycles. The maximum absolute atomic E-state index is 12.9. The molecule has 6 nitrogen and oxygen atoms in total. The Balaban J connectivity index is 1.78. The Morgan fingerprint density at radius 1 is 1.31 bits per heavy atom. The van der Waals surface area contributed by atoms with Gasteiger partial charge in [0, 0.05) is 30.9 Å². The van der Waals surface area contributed by atoms with E-state index in [1.54, 1.807) is 6.07 Å². The van der Waals surface area contributed by atoms with Gasteiger partial charge in [0.05, 0.1) is 18.2 Å². The SMILES string of the molecule is CCC(=N)c1cc(CN2CCn3c(nnc3C(F)(F)F)C2)ccc1C#N. The number of nitrogens with zero attached hydrogens (tertiary/aromatic N) is 5. The van der Waals surface area contributed by atoms with Crippen molar-refractivity contribution in [3.05, 3.63) is 46.5 Å². The number of benzene rings is 1. The van der Waals surface area contributed by atoms with Crippen molar-refractivity contribution in [2.45, 2.75) is 39.2 Å². The van der Waals surface area contributed by atoms with Gasteiger partial charge in [-0.2, -0.15) is 18.4 Å². The van der Waals surface area contributed by atoms with Gasteiger partial charge in [0.1, 0.15) is 5.82 Å². The van der Waals surface area contributed by atoms with Crippen LogP contribution in [0.3, 0.4) is 0 Å². The highest BCUT2D eigenvalue weighted by molar-refractivity contribution is 6.00. The summed E-state index contributed by atoms with van der Waals surface area (Å²) < 4.78 is 39.8. The first-order chi connectivity index (χ1) is 12.3. The summed E-state index contributed by atoms with van der Waals surface area (Å²) in [7, 11) is 0. The molecule has 1 aromatic heterocycles. The fraction of sp³-hybridized carbons (Fsp3) is 0.412. The normalized spacial score (nSPS) is 14.7. The molecule has 1 aliphatic rings. The van der Waals surface area contributed by atoms with Gasteiger partial charge in [0.25, 0.3) is 0 Å². The Morgan fingerprint density at radius 3 is 2.73 bits per heavy atom. The lowest BCUT2D eigenvalue weighted by Crippen LogP contribution is -2.35. The molecular weight excluding hydrogens is 345 g/mol. The van der Waals surface area contributed by atoms with Gasteiger partial charge in [0.15, 0.2) is 0 Å². The van der Waals surface area contributed by atoms with Gasteiger partial charge in [-0.15, -0.1) is 10.2 Å². The van der Waals surface area contributed by atoms with Crippen LogP contribution >= 0.6 is 0 Å². The average molecular weight is 362 g/mol. The van der Waals surface area contributed by atoms with Crippen LogP contribution in [-0.2, 0) is 25.8 Å². The van der Waals surface area contributed by atoms with Crippen LogP contribution in [0.15, 0.2) is 18.2 Å². The largest absolute Gasteiger partial charge is 0.451 e. The molecule has 0 amide bonds. The van der Waals surface area contributed by atoms with Gasteiger partial charge in [-0.05, 0) is 24.1 Å². The number of nitrogens with one attached hydrogen (secondary N) is 1. The molecule has 9 heteroatoms. The molecule has 0 atom stereocenters. The Labute approximate surface area is 148 Å². The van der Waals surface area contributed by atoms with Gasteiger partial charge in [-0.25, -0.2) is 0 Å². The highest BCUT2D eigenvalue weighted by Gasteiger charge is 2.39. The molecule has 1 aromatic carbocycles. The zero-order chi connectivity index (χ0) is 18.9. The Kier molecular flexibility index (Phi) is 4.78. The number of halogens is 3. The molecule has 1 aliphatic heterocycles. The lowest BCUT2D eigenvalue weighted by Gasteiger charge is -2.28. The zero-order valence-corrected chi connectivity index (χ0v) is 14.1. The maximum Gasteiger partial charge on any atom is 0.451 e. The molecule has 0 radical (unpaired) electrons. The molecule has 0 fully saturated rings. The number of nitriles is 1. The summed E-state index contributed by atoms with van der Waals surface area (Å²) in [6.45, 7) is 3.24. The molecule has 2 aromatic rings. The molecule has 1 N–H and O–H groups in total. The van der Waals surface area contributed by atoms with Crippen LogP contribution in [0.5, 0.6) is 0 Å². The first kappa shape index (κ1) is 18.1. The summed E-state index contributed by atoms with van der Waals surface area (Å²) in [5.74, 6) is -0.664. The highest BCUT2D eigenvalue weighted by Crippen LogP contribution is 2.29. The predicted octanol–water partition coefficient (Wildman–Crippen LogP) is 2.96. The van der Waals surface area contributed by atoms with Crippen LogP contribution in [0.1, 0.15) is 41.7 Å². The third-order valence-electron chi connectivity index (χ3n) is 4.38. The smallest absolute Gasteiger partial charge is 0.305 e. The molecule has 0 saturated carbocycles. The van der Waals surface area contributed by atoms with E-state index in [4.69, 9.17) is 5.41 Å². The van der Waals surface area contributed by atoms with Crippen LogP contribution in [0.2, 0.25) is 0 Å². The van der Waals surface area contributed by atoms with E-state index in [0.717, 1.165) is 10.1 Å². The second-order valence-corrected chi connectivity index (χ2v) is 6.12. The molecule has 0 unspecified atom stereocenters. The number of alkyl halides is 3. The van der Waals surface area contributed by atoms with E-state index in [1.807, 2.05) is 24.0 Å². The highest BCUT2D eigenvalue weighted by atomic mass is 19.4. The monoisotopic (exact) mass is 362 g/mol. The average Bonchev–Trinajstić information content (AvgIpc) is 3.04. The van der Waals surface area contributed by atoms with Crippen molar-refractivity contribution in [2.75, 3.05) is 6.54 Å². The summed E-state index contributed by atoms with van der Waals surface area (Å²) in [5, 5.41) is 24.1. The molecule has 0 spiro atoms. The number of rotatable bonds is 4. The van der Waals surface area contributed by atoms with E-state index < -0.39 is 12.0 Å². The minimum Gasteiger partial charge on any atom is -0.305 e. The quantitative estimate of drug-likeness (QED) is 0.848. The summed E-state index contributed by atoms with van der Waals surface area (Å²) >= 11 is 0. The van der Waals surface area contributed by atoms with E-state index in [0.29, 0.717) is 42.2 Å². The predicted molar refractivity (Wildman–Crippen MR) is 87.4 cm³/mol. The van der Waals surface area contributed by atoms with Gasteiger partial charge < -0.3 is 9.98 Å². The van der Waals surface area contributed by atoms with Crippen molar-refractivity contribution in [3.63, 3.8) is 0 Å². The van der Waals surface area contributed by atoms with Crippen molar-refractivity contribution < 1.29 is 13.2 Å². The van der Waals surface area contributed by atoms with Crippen molar-refractivity contribution in [1.82, 2.24) is 19.7 Å². The number of fused-ring (bicyclic) bond motifs is 1. The van der Waals surface area contributed by atoms with Crippen LogP contribution < -0.4 is 0 Å². The van der Waals surface area contributed by atoms with Crippen molar-refractivity contribution in [2.24, 2.45) is 0 Å². The molecule has 3 rings (SSSR count). The summed E-state index contributed by atoms with van der Waals surface area (Å²) in [4.78, 5) is 1.98. The van der Waals surface area contributed by atoms with Crippen molar-refractivity contribution >= 4 is 5.71 Å². The molecule has 0 aliphatic carbocycles. The van der Waals surface area contributed by atoms with Crippen LogP contribution in [0, 0.1) is 16.7 Å². The second-order valence-electron chi connectivity index (χ2n) is 6.12. The topological polar surface area (TPSA) is 81.6 Å². The van der Waals surface area contributed by atoms with Crippen LogP contribution in [0.25, 0.3) is 0 Å². The molecular formula is C17H17F3N6. The van der Waals surface area contributed by atoms with E-state index in [1.165, 1.54) is 0 Å². The van der Waals surface area contributed by atoms with Gasteiger partial charge in [-0.1, -0.05) is 13.0 Å². The van der Waals surface area contributed by atoms with Gasteiger partial charge in [-0.3, -0.25) is 4.90 Å². The van der Waals surface area contributed by atoms with Gasteiger partial charge in [0.2, 0.25) is 5.82 Å². The standard InChI is InChI=1S/C17H17F3N6/c1-2-14(22)13-7-11(3-4-12(13)8-21)9-25-5-6-26-15(10-25)23-24-16(26)17(18,19)20/h3-4,7,22H,2,5-6,9-10H2,1H3. The van der Waals surface area contributed by atoms with Crippen LogP contribution in [-0.4, -0.2) is 31.9 Å². The summed E-state index contributed by atoms with van der Waals surface area (Å²) in [5.41, 5.74) is 2.35. The minimum absolute atomic E-state index is 0.172. The van der Waals surface area contributed by atoms with Crippen LogP contribution in [0.4, 0.5) is 13.2 Å². The summed E-state index contributed by atoms with van der Waals surface area (Å²) in [6.07, 6.45) is -3.98. The lowest BCUT2D eigenvalue weighted by atomic mass is 9.99. The van der Waals surface area contributed by atoms with E-state index in [9.17, 15) is 18.4 Å². The van der Waals surface area contributed by atoms with Gasteiger partial charge >= 0.3 is 6.18 Å².